The Hall–Kier alpha value is -3.67. The highest BCUT2D eigenvalue weighted by molar-refractivity contribution is 6.05. The molecule has 0 fully saturated rings. The molecule has 0 aliphatic rings. The average molecular weight is 392 g/mol. The van der Waals surface area contributed by atoms with Crippen LogP contribution in [-0.4, -0.2) is 23.5 Å². The molecule has 1 amide bonds. The first kappa shape index (κ1) is 20.1. The summed E-state index contributed by atoms with van der Waals surface area (Å²) < 4.78 is 13.0. The largest absolute Gasteiger partial charge is 0.478 e. The van der Waals surface area contributed by atoms with Crippen LogP contribution in [-0.2, 0) is 6.54 Å². The van der Waals surface area contributed by atoms with E-state index in [0.717, 1.165) is 5.56 Å². The molecular weight excluding hydrogens is 371 g/mol. The lowest BCUT2D eigenvalue weighted by molar-refractivity contribution is 0.0697. The van der Waals surface area contributed by atoms with E-state index in [2.05, 4.69) is 5.32 Å². The summed E-state index contributed by atoms with van der Waals surface area (Å²) in [6, 6.07) is 19.7. The second-order valence-electron chi connectivity index (χ2n) is 6.50. The number of rotatable bonds is 7. The molecule has 5 nitrogen and oxygen atoms in total. The van der Waals surface area contributed by atoms with Crippen molar-refractivity contribution in [2.45, 2.75) is 13.5 Å². The lowest BCUT2D eigenvalue weighted by atomic mass is 10.1. The highest BCUT2D eigenvalue weighted by Gasteiger charge is 2.17. The Balaban J connectivity index is 1.85. The molecule has 0 aliphatic carbocycles. The van der Waals surface area contributed by atoms with E-state index < -0.39 is 17.7 Å². The van der Waals surface area contributed by atoms with E-state index in [9.17, 15) is 19.1 Å². The monoisotopic (exact) mass is 392 g/mol. The number of carboxylic acid groups (broad SMARTS) is 1. The van der Waals surface area contributed by atoms with E-state index in [1.54, 1.807) is 12.1 Å². The van der Waals surface area contributed by atoms with Gasteiger partial charge in [0.2, 0.25) is 0 Å². The molecule has 0 aliphatic heterocycles. The van der Waals surface area contributed by atoms with Crippen LogP contribution in [0.2, 0.25) is 0 Å². The second kappa shape index (κ2) is 9.01. The molecule has 148 valence electrons. The Morgan fingerprint density at radius 3 is 2.31 bits per heavy atom. The Bertz CT molecular complexity index is 1000. The van der Waals surface area contributed by atoms with Crippen LogP contribution in [0.5, 0.6) is 0 Å². The maximum Gasteiger partial charge on any atom is 0.337 e. The van der Waals surface area contributed by atoms with Crippen molar-refractivity contribution < 1.29 is 19.1 Å². The van der Waals surface area contributed by atoms with Crippen molar-refractivity contribution in [3.63, 3.8) is 0 Å². The van der Waals surface area contributed by atoms with Gasteiger partial charge in [0.1, 0.15) is 5.82 Å². The maximum atomic E-state index is 13.0. The lowest BCUT2D eigenvalue weighted by Gasteiger charge is -2.25. The van der Waals surface area contributed by atoms with Crippen molar-refractivity contribution >= 4 is 23.3 Å². The van der Waals surface area contributed by atoms with E-state index in [-0.39, 0.29) is 11.1 Å². The third-order valence-electron chi connectivity index (χ3n) is 4.53. The van der Waals surface area contributed by atoms with Gasteiger partial charge in [-0.1, -0.05) is 30.3 Å². The van der Waals surface area contributed by atoms with Crippen molar-refractivity contribution in [2.75, 3.05) is 16.8 Å². The van der Waals surface area contributed by atoms with E-state index in [1.165, 1.54) is 30.3 Å². The van der Waals surface area contributed by atoms with Gasteiger partial charge in [-0.05, 0) is 55.0 Å². The molecule has 3 aromatic rings. The van der Waals surface area contributed by atoms with Gasteiger partial charge in [-0.25, -0.2) is 9.18 Å². The molecule has 0 radical (unpaired) electrons. The highest BCUT2D eigenvalue weighted by atomic mass is 19.1. The van der Waals surface area contributed by atoms with Crippen LogP contribution in [0.25, 0.3) is 0 Å². The minimum Gasteiger partial charge on any atom is -0.478 e. The number of carbonyl (C=O) groups is 2. The molecule has 3 aromatic carbocycles. The molecule has 0 bridgehead atoms. The zero-order valence-corrected chi connectivity index (χ0v) is 15.9. The van der Waals surface area contributed by atoms with Crippen LogP contribution >= 0.6 is 0 Å². The average Bonchev–Trinajstić information content (AvgIpc) is 2.73. The molecule has 29 heavy (non-hydrogen) atoms. The Morgan fingerprint density at radius 1 is 1.00 bits per heavy atom. The number of nitrogens with zero attached hydrogens (tertiary/aromatic N) is 1. The number of benzene rings is 3. The van der Waals surface area contributed by atoms with Gasteiger partial charge >= 0.3 is 5.97 Å². The van der Waals surface area contributed by atoms with Crippen molar-refractivity contribution in [3.8, 4) is 0 Å². The SMILES string of the molecule is CCN(Cc1ccccc1)c1ccc(NC(=O)c2ccc(F)cc2)cc1C(=O)O. The van der Waals surface area contributed by atoms with Crippen LogP contribution in [0.3, 0.4) is 0 Å². The smallest absolute Gasteiger partial charge is 0.337 e. The number of anilines is 2. The molecule has 0 unspecified atom stereocenters. The Labute approximate surface area is 168 Å². The van der Waals surface area contributed by atoms with Crippen molar-refractivity contribution in [3.05, 3.63) is 95.3 Å². The van der Waals surface area contributed by atoms with Crippen LogP contribution in [0.4, 0.5) is 15.8 Å². The molecule has 0 atom stereocenters. The summed E-state index contributed by atoms with van der Waals surface area (Å²) in [5.41, 5.74) is 2.38. The standard InChI is InChI=1S/C23H21FN2O3/c1-2-26(15-16-6-4-3-5-7-16)21-13-12-19(14-20(21)23(28)29)25-22(27)17-8-10-18(24)11-9-17/h3-14H,2,15H2,1H3,(H,25,27)(H,28,29). The van der Waals surface area contributed by atoms with Crippen molar-refractivity contribution in [2.24, 2.45) is 0 Å². The zero-order valence-electron chi connectivity index (χ0n) is 15.9. The second-order valence-corrected chi connectivity index (χ2v) is 6.50. The van der Waals surface area contributed by atoms with Crippen LogP contribution in [0, 0.1) is 5.82 Å². The first-order chi connectivity index (χ1) is 14.0. The fraction of sp³-hybridized carbons (Fsp3) is 0.130. The van der Waals surface area contributed by atoms with Gasteiger partial charge in [0.15, 0.2) is 0 Å². The summed E-state index contributed by atoms with van der Waals surface area (Å²) in [5.74, 6) is -1.95. The topological polar surface area (TPSA) is 69.6 Å². The summed E-state index contributed by atoms with van der Waals surface area (Å²) in [7, 11) is 0. The molecule has 0 spiro atoms. The number of aromatic carboxylic acids is 1. The zero-order chi connectivity index (χ0) is 20.8. The molecule has 3 rings (SSSR count). The summed E-state index contributed by atoms with van der Waals surface area (Å²) in [6.07, 6.45) is 0. The van der Waals surface area contributed by atoms with E-state index in [0.29, 0.717) is 24.5 Å². The number of halogens is 1. The number of hydrogen-bond donors (Lipinski definition) is 2. The van der Waals surface area contributed by atoms with E-state index >= 15 is 0 Å². The predicted molar refractivity (Wildman–Crippen MR) is 111 cm³/mol. The highest BCUT2D eigenvalue weighted by Crippen LogP contribution is 2.26. The molecular formula is C23H21FN2O3. The summed E-state index contributed by atoms with van der Waals surface area (Å²) in [6.45, 7) is 3.15. The lowest BCUT2D eigenvalue weighted by Crippen LogP contribution is -2.24. The molecule has 0 saturated heterocycles. The van der Waals surface area contributed by atoms with Crippen LogP contribution in [0.1, 0.15) is 33.2 Å². The number of carboxylic acids is 1. The maximum absolute atomic E-state index is 13.0. The first-order valence-corrected chi connectivity index (χ1v) is 9.21. The fourth-order valence-corrected chi connectivity index (χ4v) is 3.04. The molecule has 0 aromatic heterocycles. The van der Waals surface area contributed by atoms with E-state index in [4.69, 9.17) is 0 Å². The summed E-state index contributed by atoms with van der Waals surface area (Å²) in [5, 5.41) is 12.4. The summed E-state index contributed by atoms with van der Waals surface area (Å²) in [4.78, 5) is 26.2. The van der Waals surface area contributed by atoms with Crippen LogP contribution < -0.4 is 10.2 Å². The van der Waals surface area contributed by atoms with Crippen LogP contribution in [0.15, 0.2) is 72.8 Å². The predicted octanol–water partition coefficient (Wildman–Crippen LogP) is 4.80. The molecule has 6 heteroatoms. The number of hydrogen-bond acceptors (Lipinski definition) is 3. The third-order valence-corrected chi connectivity index (χ3v) is 4.53. The van der Waals surface area contributed by atoms with Gasteiger partial charge < -0.3 is 15.3 Å². The van der Waals surface area contributed by atoms with Crippen molar-refractivity contribution in [1.82, 2.24) is 0 Å². The van der Waals surface area contributed by atoms with Gasteiger partial charge in [0.25, 0.3) is 5.91 Å². The van der Waals surface area contributed by atoms with Gasteiger partial charge in [-0.15, -0.1) is 0 Å². The number of amides is 1. The number of nitrogens with one attached hydrogen (secondary N) is 1. The van der Waals surface area contributed by atoms with Gasteiger partial charge in [0, 0.05) is 24.3 Å². The third kappa shape index (κ3) is 4.99. The molecule has 0 saturated carbocycles. The van der Waals surface area contributed by atoms with Gasteiger partial charge in [-0.3, -0.25) is 4.79 Å². The Kier molecular flexibility index (Phi) is 6.24. The van der Waals surface area contributed by atoms with Gasteiger partial charge in [0.05, 0.1) is 11.3 Å². The normalized spacial score (nSPS) is 10.4. The van der Waals surface area contributed by atoms with Crippen molar-refractivity contribution in [1.29, 1.82) is 0 Å². The fourth-order valence-electron chi connectivity index (χ4n) is 3.04. The van der Waals surface area contributed by atoms with Gasteiger partial charge in [-0.2, -0.15) is 0 Å². The minimum atomic E-state index is -1.08. The Morgan fingerprint density at radius 2 is 1.69 bits per heavy atom. The van der Waals surface area contributed by atoms with E-state index in [1.807, 2.05) is 42.2 Å². The minimum absolute atomic E-state index is 0.0969. The molecule has 0 heterocycles. The molecule has 2 N–H and O–H groups in total. The quantitative estimate of drug-likeness (QED) is 0.606. The summed E-state index contributed by atoms with van der Waals surface area (Å²) >= 11 is 0. The number of carbonyl (C=O) groups excluding carboxylic acids is 1. The first-order valence-electron chi connectivity index (χ1n) is 9.21.